The van der Waals surface area contributed by atoms with Crippen molar-refractivity contribution in [1.82, 2.24) is 10.2 Å². The van der Waals surface area contributed by atoms with Gasteiger partial charge in [-0.05, 0) is 24.8 Å². The van der Waals surface area contributed by atoms with Crippen molar-refractivity contribution in [2.45, 2.75) is 50.5 Å². The normalized spacial score (nSPS) is 19.2. The molecule has 0 bridgehead atoms. The van der Waals surface area contributed by atoms with E-state index in [-0.39, 0.29) is 32.0 Å². The van der Waals surface area contributed by atoms with Gasteiger partial charge in [0.05, 0.1) is 18.7 Å². The smallest absolute Gasteiger partial charge is 0.407 e. The van der Waals surface area contributed by atoms with Gasteiger partial charge in [-0.2, -0.15) is 5.26 Å². The van der Waals surface area contributed by atoms with E-state index in [0.717, 1.165) is 5.56 Å². The summed E-state index contributed by atoms with van der Waals surface area (Å²) in [6.45, 7) is 0.544. The monoisotopic (exact) mass is 412 g/mol. The molecule has 1 aromatic carbocycles. The number of halogens is 2. The summed E-state index contributed by atoms with van der Waals surface area (Å²) in [5.41, 5.74) is 6.79. The van der Waals surface area contributed by atoms with Crippen molar-refractivity contribution < 1.29 is 18.7 Å². The maximum atomic E-state index is 13.4. The van der Waals surface area contributed by atoms with E-state index in [9.17, 15) is 14.0 Å². The lowest BCUT2D eigenvalue weighted by atomic mass is 10.1. The van der Waals surface area contributed by atoms with Crippen molar-refractivity contribution in [1.29, 1.82) is 5.26 Å². The Kier molecular flexibility index (Phi) is 10.3. The molecule has 1 aliphatic heterocycles. The van der Waals surface area contributed by atoms with Crippen LogP contribution in [0.5, 0.6) is 0 Å². The van der Waals surface area contributed by atoms with Crippen molar-refractivity contribution in [3.8, 4) is 6.07 Å². The fourth-order valence-electron chi connectivity index (χ4n) is 2.94. The van der Waals surface area contributed by atoms with Crippen molar-refractivity contribution in [3.05, 3.63) is 35.9 Å². The third kappa shape index (κ3) is 7.33. The SMILES string of the molecule is Cl.N#C[C@@H]1C[C@H](F)CN1C(=O)[C@@H](N)CCCCNC(=O)OCc1ccccc1. The number of nitrogens with zero attached hydrogens (tertiary/aromatic N) is 2. The number of nitrogens with two attached hydrogens (primary N) is 1. The minimum absolute atomic E-state index is 0. The van der Waals surface area contributed by atoms with Gasteiger partial charge < -0.3 is 20.7 Å². The van der Waals surface area contributed by atoms with Crippen LogP contribution in [0.1, 0.15) is 31.2 Å². The summed E-state index contributed by atoms with van der Waals surface area (Å²) in [6.07, 6.45) is 0.0407. The van der Waals surface area contributed by atoms with E-state index in [1.807, 2.05) is 36.4 Å². The lowest BCUT2D eigenvalue weighted by molar-refractivity contribution is -0.132. The molecule has 0 spiro atoms. The molecule has 0 radical (unpaired) electrons. The van der Waals surface area contributed by atoms with E-state index in [2.05, 4.69) is 5.32 Å². The van der Waals surface area contributed by atoms with Gasteiger partial charge in [-0.15, -0.1) is 12.4 Å². The molecular formula is C19H26ClFN4O3. The summed E-state index contributed by atoms with van der Waals surface area (Å²) >= 11 is 0. The molecule has 9 heteroatoms. The molecule has 7 nitrogen and oxygen atoms in total. The second kappa shape index (κ2) is 12.2. The Morgan fingerprint density at radius 1 is 1.36 bits per heavy atom. The topological polar surface area (TPSA) is 108 Å². The highest BCUT2D eigenvalue weighted by atomic mass is 35.5. The number of alkyl carbamates (subject to hydrolysis) is 1. The molecule has 2 amide bonds. The van der Waals surface area contributed by atoms with Crippen LogP contribution in [0.2, 0.25) is 0 Å². The highest BCUT2D eigenvalue weighted by molar-refractivity contribution is 5.85. The van der Waals surface area contributed by atoms with Crippen LogP contribution < -0.4 is 11.1 Å². The first kappa shape index (κ1) is 23.7. The number of rotatable bonds is 8. The number of ether oxygens (including phenoxy) is 1. The Morgan fingerprint density at radius 2 is 2.07 bits per heavy atom. The minimum atomic E-state index is -1.17. The maximum absolute atomic E-state index is 13.4. The predicted octanol–water partition coefficient (Wildman–Crippen LogP) is 2.29. The van der Waals surface area contributed by atoms with Crippen LogP contribution in [0.25, 0.3) is 0 Å². The lowest BCUT2D eigenvalue weighted by Gasteiger charge is -2.23. The number of hydrogen-bond acceptors (Lipinski definition) is 5. The molecule has 0 aromatic heterocycles. The second-order valence-corrected chi connectivity index (χ2v) is 6.56. The van der Waals surface area contributed by atoms with Crippen molar-refractivity contribution in [2.24, 2.45) is 5.73 Å². The van der Waals surface area contributed by atoms with Crippen molar-refractivity contribution in [3.63, 3.8) is 0 Å². The number of amides is 2. The number of nitriles is 1. The van der Waals surface area contributed by atoms with Crippen LogP contribution in [-0.2, 0) is 16.1 Å². The largest absolute Gasteiger partial charge is 0.445 e. The first-order valence-electron chi connectivity index (χ1n) is 9.05. The average Bonchev–Trinajstić information content (AvgIpc) is 3.06. The third-order valence-corrected chi connectivity index (χ3v) is 4.42. The number of alkyl halides is 1. The fourth-order valence-corrected chi connectivity index (χ4v) is 2.94. The number of carbonyl (C=O) groups excluding carboxylic acids is 2. The van der Waals surface area contributed by atoms with E-state index in [1.54, 1.807) is 0 Å². The number of hydrogen-bond donors (Lipinski definition) is 2. The summed E-state index contributed by atoms with van der Waals surface area (Å²) in [5, 5.41) is 11.6. The Hall–Kier alpha value is -2.37. The number of unbranched alkanes of at least 4 members (excludes halogenated alkanes) is 1. The van der Waals surface area contributed by atoms with Crippen molar-refractivity contribution >= 4 is 24.4 Å². The minimum Gasteiger partial charge on any atom is -0.445 e. The van der Waals surface area contributed by atoms with Gasteiger partial charge in [-0.3, -0.25) is 4.79 Å². The average molecular weight is 413 g/mol. The van der Waals surface area contributed by atoms with Gasteiger partial charge in [0.2, 0.25) is 5.91 Å². The Balaban J connectivity index is 0.00000392. The van der Waals surface area contributed by atoms with Crippen molar-refractivity contribution in [2.75, 3.05) is 13.1 Å². The molecule has 1 aromatic rings. The third-order valence-electron chi connectivity index (χ3n) is 4.42. The van der Waals surface area contributed by atoms with Gasteiger partial charge in [0.25, 0.3) is 0 Å². The zero-order valence-electron chi connectivity index (χ0n) is 15.6. The molecule has 28 heavy (non-hydrogen) atoms. The number of likely N-dealkylation sites (tertiary alicyclic amines) is 1. The van der Waals surface area contributed by atoms with Gasteiger partial charge in [0, 0.05) is 13.0 Å². The van der Waals surface area contributed by atoms with E-state index >= 15 is 0 Å². The van der Waals surface area contributed by atoms with E-state index in [0.29, 0.717) is 25.8 Å². The van der Waals surface area contributed by atoms with Crippen LogP contribution in [0, 0.1) is 11.3 Å². The Labute approximate surface area is 170 Å². The Bertz CT molecular complexity index is 671. The zero-order chi connectivity index (χ0) is 19.6. The predicted molar refractivity (Wildman–Crippen MR) is 104 cm³/mol. The summed E-state index contributed by atoms with van der Waals surface area (Å²) in [4.78, 5) is 25.1. The van der Waals surface area contributed by atoms with Gasteiger partial charge in [0.1, 0.15) is 18.8 Å². The van der Waals surface area contributed by atoms with Crippen LogP contribution in [0.4, 0.5) is 9.18 Å². The van der Waals surface area contributed by atoms with Crippen LogP contribution in [0.3, 0.4) is 0 Å². The Morgan fingerprint density at radius 3 is 2.75 bits per heavy atom. The summed E-state index contributed by atoms with van der Waals surface area (Å²) in [6, 6.07) is 9.80. The van der Waals surface area contributed by atoms with E-state index < -0.39 is 30.3 Å². The molecule has 1 saturated heterocycles. The molecule has 1 fully saturated rings. The first-order chi connectivity index (χ1) is 13.0. The molecule has 0 saturated carbocycles. The molecule has 3 N–H and O–H groups in total. The molecule has 2 rings (SSSR count). The molecule has 0 unspecified atom stereocenters. The molecule has 3 atom stereocenters. The summed E-state index contributed by atoms with van der Waals surface area (Å²) in [7, 11) is 0. The maximum Gasteiger partial charge on any atom is 0.407 e. The van der Waals surface area contributed by atoms with Gasteiger partial charge >= 0.3 is 6.09 Å². The molecule has 154 valence electrons. The molecule has 1 heterocycles. The lowest BCUT2D eigenvalue weighted by Crippen LogP contribution is -2.45. The first-order valence-corrected chi connectivity index (χ1v) is 9.05. The number of nitrogens with one attached hydrogen (secondary N) is 1. The number of carbonyl (C=O) groups is 2. The van der Waals surface area contributed by atoms with Crippen LogP contribution in [0.15, 0.2) is 30.3 Å². The van der Waals surface area contributed by atoms with E-state index in [1.165, 1.54) is 4.90 Å². The molecular weight excluding hydrogens is 387 g/mol. The van der Waals surface area contributed by atoms with Crippen LogP contribution in [-0.4, -0.2) is 48.2 Å². The number of benzene rings is 1. The molecule has 1 aliphatic rings. The highest BCUT2D eigenvalue weighted by Gasteiger charge is 2.37. The van der Waals surface area contributed by atoms with Gasteiger partial charge in [0.15, 0.2) is 0 Å². The van der Waals surface area contributed by atoms with E-state index in [4.69, 9.17) is 15.7 Å². The summed E-state index contributed by atoms with van der Waals surface area (Å²) in [5.74, 6) is -0.392. The van der Waals surface area contributed by atoms with Gasteiger partial charge in [-0.1, -0.05) is 30.3 Å². The highest BCUT2D eigenvalue weighted by Crippen LogP contribution is 2.21. The second-order valence-electron chi connectivity index (χ2n) is 6.56. The van der Waals surface area contributed by atoms with Crippen LogP contribution >= 0.6 is 12.4 Å². The quantitative estimate of drug-likeness (QED) is 0.637. The molecule has 0 aliphatic carbocycles. The van der Waals surface area contributed by atoms with Gasteiger partial charge in [-0.25, -0.2) is 9.18 Å². The summed E-state index contributed by atoms with van der Waals surface area (Å²) < 4.78 is 18.5. The zero-order valence-corrected chi connectivity index (χ0v) is 16.4. The standard InChI is InChI=1S/C19H25FN4O3.ClH/c20-15-10-16(11-21)24(12-15)18(25)17(22)8-4-5-9-23-19(26)27-13-14-6-2-1-3-7-14;/h1-3,6-7,15-17H,4-5,8-10,12-13,22H2,(H,23,26);1H/t15-,16-,17-;/m0./s1. The fraction of sp³-hybridized carbons (Fsp3) is 0.526.